The number of carbonyl (C=O) groups is 1. The number of fused-ring (bicyclic) bond motifs is 1. The highest BCUT2D eigenvalue weighted by atomic mass is 16.5. The lowest BCUT2D eigenvalue weighted by atomic mass is 10.0. The second kappa shape index (κ2) is 8.03. The zero-order valence-electron chi connectivity index (χ0n) is 15.5. The summed E-state index contributed by atoms with van der Waals surface area (Å²) in [6, 6.07) is 9.78. The highest BCUT2D eigenvalue weighted by Crippen LogP contribution is 2.26. The Morgan fingerprint density at radius 3 is 2.88 bits per heavy atom. The maximum Gasteiger partial charge on any atom is 0.261 e. The molecule has 1 amide bonds. The fourth-order valence-corrected chi connectivity index (χ4v) is 2.84. The number of carbonyl (C=O) groups excluding carboxylic acids is 1. The summed E-state index contributed by atoms with van der Waals surface area (Å²) in [5.74, 6) is 2.13. The molecule has 26 heavy (non-hydrogen) atoms. The number of nitrogens with zero attached hydrogens (tertiary/aromatic N) is 3. The van der Waals surface area contributed by atoms with Crippen molar-refractivity contribution in [3.63, 3.8) is 0 Å². The van der Waals surface area contributed by atoms with Crippen LogP contribution in [0.5, 0.6) is 5.75 Å². The molecule has 1 aromatic carbocycles. The van der Waals surface area contributed by atoms with Crippen LogP contribution in [0.1, 0.15) is 17.7 Å². The van der Waals surface area contributed by atoms with Gasteiger partial charge in [-0.1, -0.05) is 18.2 Å². The maximum absolute atomic E-state index is 12.3. The lowest BCUT2D eigenvalue weighted by molar-refractivity contribution is -0.128. The highest BCUT2D eigenvalue weighted by molar-refractivity contribution is 5.81. The van der Waals surface area contributed by atoms with Crippen molar-refractivity contribution in [2.75, 3.05) is 37.4 Å². The molecule has 7 heteroatoms. The monoisotopic (exact) mass is 355 g/mol. The molecule has 2 N–H and O–H groups in total. The van der Waals surface area contributed by atoms with E-state index in [0.29, 0.717) is 25.5 Å². The normalized spacial score (nSPS) is 15.6. The number of hydrogen-bond acceptors (Lipinski definition) is 6. The number of ether oxygens (including phenoxy) is 1. The summed E-state index contributed by atoms with van der Waals surface area (Å²) in [6.45, 7) is 2.96. The molecule has 1 atom stereocenters. The van der Waals surface area contributed by atoms with Crippen LogP contribution in [0.4, 0.5) is 11.8 Å². The molecule has 0 spiro atoms. The maximum atomic E-state index is 12.3. The van der Waals surface area contributed by atoms with Crippen molar-refractivity contribution < 1.29 is 9.53 Å². The molecular weight excluding hydrogens is 330 g/mol. The lowest BCUT2D eigenvalue weighted by Crippen LogP contribution is -2.42. The van der Waals surface area contributed by atoms with Gasteiger partial charge in [0, 0.05) is 38.9 Å². The third kappa shape index (κ3) is 4.41. The molecule has 0 fully saturated rings. The summed E-state index contributed by atoms with van der Waals surface area (Å²) in [6.07, 6.45) is 1.13. The minimum absolute atomic E-state index is 0.0829. The molecule has 138 valence electrons. The number of anilines is 2. The highest BCUT2D eigenvalue weighted by Gasteiger charge is 2.25. The minimum atomic E-state index is -0.430. The fourth-order valence-electron chi connectivity index (χ4n) is 2.84. The number of nitrogens with one attached hydrogen (secondary N) is 2. The smallest absolute Gasteiger partial charge is 0.261 e. The van der Waals surface area contributed by atoms with Crippen LogP contribution in [0.25, 0.3) is 0 Å². The second-order valence-corrected chi connectivity index (χ2v) is 6.56. The summed E-state index contributed by atoms with van der Waals surface area (Å²) in [5.41, 5.74) is 2.05. The lowest BCUT2D eigenvalue weighted by Gasteiger charge is -2.25. The summed E-state index contributed by atoms with van der Waals surface area (Å²) in [4.78, 5) is 23.0. The van der Waals surface area contributed by atoms with E-state index in [-0.39, 0.29) is 5.91 Å². The summed E-state index contributed by atoms with van der Waals surface area (Å²) in [5, 5.41) is 6.06. The zero-order chi connectivity index (χ0) is 18.5. The van der Waals surface area contributed by atoms with Gasteiger partial charge in [-0.2, -0.15) is 4.98 Å². The van der Waals surface area contributed by atoms with Crippen molar-refractivity contribution >= 4 is 17.7 Å². The molecule has 1 aromatic heterocycles. The summed E-state index contributed by atoms with van der Waals surface area (Å²) in [7, 11) is 3.88. The van der Waals surface area contributed by atoms with Crippen molar-refractivity contribution in [2.45, 2.75) is 25.9 Å². The molecular formula is C19H25N5O2. The molecule has 7 nitrogen and oxygen atoms in total. The first-order valence-corrected chi connectivity index (χ1v) is 8.82. The largest absolute Gasteiger partial charge is 0.480 e. The van der Waals surface area contributed by atoms with Crippen molar-refractivity contribution in [3.05, 3.63) is 41.6 Å². The number of rotatable bonds is 6. The van der Waals surface area contributed by atoms with Gasteiger partial charge in [0.25, 0.3) is 5.91 Å². The van der Waals surface area contributed by atoms with Crippen molar-refractivity contribution in [1.29, 1.82) is 0 Å². The van der Waals surface area contributed by atoms with Crippen molar-refractivity contribution in [3.8, 4) is 5.75 Å². The van der Waals surface area contributed by atoms with Gasteiger partial charge >= 0.3 is 0 Å². The van der Waals surface area contributed by atoms with Crippen LogP contribution >= 0.6 is 0 Å². The summed E-state index contributed by atoms with van der Waals surface area (Å²) >= 11 is 0. The molecule has 1 unspecified atom stereocenters. The van der Waals surface area contributed by atoms with Gasteiger partial charge in [0.1, 0.15) is 11.6 Å². The van der Waals surface area contributed by atoms with Gasteiger partial charge in [-0.15, -0.1) is 0 Å². The van der Waals surface area contributed by atoms with Crippen LogP contribution in [0.2, 0.25) is 0 Å². The zero-order valence-corrected chi connectivity index (χ0v) is 15.5. The third-order valence-corrected chi connectivity index (χ3v) is 4.22. The molecule has 3 rings (SSSR count). The van der Waals surface area contributed by atoms with Crippen LogP contribution in [-0.2, 0) is 11.2 Å². The van der Waals surface area contributed by atoms with Crippen LogP contribution < -0.4 is 20.3 Å². The first kappa shape index (κ1) is 18.0. The van der Waals surface area contributed by atoms with E-state index in [1.807, 2.05) is 56.3 Å². The quantitative estimate of drug-likeness (QED) is 0.769. The van der Waals surface area contributed by atoms with Gasteiger partial charge in [-0.25, -0.2) is 4.98 Å². The Hall–Kier alpha value is -2.83. The van der Waals surface area contributed by atoms with Gasteiger partial charge in [-0.3, -0.25) is 4.79 Å². The molecule has 2 aromatic rings. The van der Waals surface area contributed by atoms with E-state index in [1.165, 1.54) is 0 Å². The fraction of sp³-hybridized carbons (Fsp3) is 0.421. The van der Waals surface area contributed by atoms with Crippen molar-refractivity contribution in [2.24, 2.45) is 0 Å². The van der Waals surface area contributed by atoms with Crippen molar-refractivity contribution in [1.82, 2.24) is 15.3 Å². The Bertz CT molecular complexity index is 778. The first-order valence-electron chi connectivity index (χ1n) is 8.82. The molecule has 0 aliphatic carbocycles. The molecule has 0 saturated heterocycles. The average Bonchev–Trinajstić information content (AvgIpc) is 2.64. The van der Waals surface area contributed by atoms with E-state index in [4.69, 9.17) is 4.74 Å². The standard InChI is InChI=1S/C19H25N5O2/c1-13-12-17(24(2)3)23-19(22-13)21-11-10-20-18(25)16-9-8-14-6-4-5-7-15(14)26-16/h4-7,12,16H,8-11H2,1-3H3,(H,20,25)(H,21,22,23). The predicted molar refractivity (Wildman–Crippen MR) is 102 cm³/mol. The van der Waals surface area contributed by atoms with Gasteiger partial charge < -0.3 is 20.3 Å². The number of benzene rings is 1. The average molecular weight is 355 g/mol. The van der Waals surface area contributed by atoms with Gasteiger partial charge in [0.2, 0.25) is 5.95 Å². The number of aryl methyl sites for hydroxylation is 2. The van der Waals surface area contributed by atoms with Crippen LogP contribution in [0.15, 0.2) is 30.3 Å². The molecule has 1 aliphatic rings. The SMILES string of the molecule is Cc1cc(N(C)C)nc(NCCNC(=O)C2CCc3ccccc3O2)n1. The van der Waals surface area contributed by atoms with E-state index >= 15 is 0 Å². The minimum Gasteiger partial charge on any atom is -0.480 e. The Morgan fingerprint density at radius 2 is 2.08 bits per heavy atom. The predicted octanol–water partition coefficient (Wildman–Crippen LogP) is 1.77. The van der Waals surface area contributed by atoms with Gasteiger partial charge in [0.05, 0.1) is 0 Å². The Labute approximate surface area is 153 Å². The Morgan fingerprint density at radius 1 is 1.27 bits per heavy atom. The molecule has 0 radical (unpaired) electrons. The molecule has 2 heterocycles. The molecule has 0 bridgehead atoms. The molecule has 1 aliphatic heterocycles. The third-order valence-electron chi connectivity index (χ3n) is 4.22. The van der Waals surface area contributed by atoms with E-state index in [0.717, 1.165) is 29.2 Å². The Kier molecular flexibility index (Phi) is 5.55. The van der Waals surface area contributed by atoms with Crippen LogP contribution in [-0.4, -0.2) is 49.2 Å². The number of hydrogen-bond donors (Lipinski definition) is 2. The van der Waals surface area contributed by atoms with E-state index in [1.54, 1.807) is 0 Å². The van der Waals surface area contributed by atoms with Crippen LogP contribution in [0.3, 0.4) is 0 Å². The first-order chi connectivity index (χ1) is 12.5. The second-order valence-electron chi connectivity index (χ2n) is 6.56. The van der Waals surface area contributed by atoms with Gasteiger partial charge in [0.15, 0.2) is 6.10 Å². The summed E-state index contributed by atoms with van der Waals surface area (Å²) < 4.78 is 5.80. The number of amides is 1. The number of para-hydroxylation sites is 1. The molecule has 0 saturated carbocycles. The topological polar surface area (TPSA) is 79.4 Å². The van der Waals surface area contributed by atoms with Gasteiger partial charge in [-0.05, 0) is 31.4 Å². The van der Waals surface area contributed by atoms with E-state index in [9.17, 15) is 4.79 Å². The number of aromatic nitrogens is 2. The van der Waals surface area contributed by atoms with Crippen LogP contribution in [0, 0.1) is 6.92 Å². The Balaban J connectivity index is 1.46. The van der Waals surface area contributed by atoms with E-state index < -0.39 is 6.10 Å². The van der Waals surface area contributed by atoms with E-state index in [2.05, 4.69) is 20.6 Å².